The van der Waals surface area contributed by atoms with Crippen LogP contribution in [0, 0.1) is 5.92 Å². The van der Waals surface area contributed by atoms with Crippen molar-refractivity contribution in [3.8, 4) is 0 Å². The lowest BCUT2D eigenvalue weighted by Crippen LogP contribution is -2.25. The monoisotopic (exact) mass is 267 g/mol. The molecule has 7 nitrogen and oxygen atoms in total. The Hall–Kier alpha value is -1.89. The van der Waals surface area contributed by atoms with Crippen molar-refractivity contribution >= 4 is 17.6 Å². The summed E-state index contributed by atoms with van der Waals surface area (Å²) in [5.41, 5.74) is 0.636. The Labute approximate surface area is 110 Å². The maximum Gasteiger partial charge on any atom is 0.308 e. The zero-order valence-corrected chi connectivity index (χ0v) is 10.9. The minimum Gasteiger partial charge on any atom is -0.481 e. The summed E-state index contributed by atoms with van der Waals surface area (Å²) >= 11 is 0. The Morgan fingerprint density at radius 3 is 3.00 bits per heavy atom. The fourth-order valence-corrected chi connectivity index (χ4v) is 2.05. The molecule has 1 saturated heterocycles. The number of ether oxygens (including phenoxy) is 1. The minimum atomic E-state index is -0.934. The first kappa shape index (κ1) is 13.5. The lowest BCUT2D eigenvalue weighted by molar-refractivity contribution is -0.141. The molecule has 19 heavy (non-hydrogen) atoms. The van der Waals surface area contributed by atoms with Crippen molar-refractivity contribution in [1.29, 1.82) is 0 Å². The van der Waals surface area contributed by atoms with Gasteiger partial charge in [0.1, 0.15) is 0 Å². The maximum atomic E-state index is 11.8. The number of hydrogen-bond donors (Lipinski definition) is 1. The van der Waals surface area contributed by atoms with Crippen LogP contribution >= 0.6 is 0 Å². The molecule has 0 aliphatic carbocycles. The second-order valence-electron chi connectivity index (χ2n) is 4.71. The van der Waals surface area contributed by atoms with Crippen LogP contribution in [0.2, 0.25) is 0 Å². The third-order valence-electron chi connectivity index (χ3n) is 3.25. The van der Waals surface area contributed by atoms with Gasteiger partial charge in [0, 0.05) is 26.3 Å². The number of carboxylic acid groups (broad SMARTS) is 1. The molecule has 2 atom stereocenters. The molecule has 1 aliphatic heterocycles. The van der Waals surface area contributed by atoms with E-state index in [0.717, 1.165) is 0 Å². The van der Waals surface area contributed by atoms with Crippen molar-refractivity contribution in [3.63, 3.8) is 0 Å². The number of methoxy groups -OCH3 is 1. The van der Waals surface area contributed by atoms with E-state index >= 15 is 0 Å². The summed E-state index contributed by atoms with van der Waals surface area (Å²) in [5, 5.41) is 13.1. The fourth-order valence-electron chi connectivity index (χ4n) is 2.05. The number of nitrogens with zero attached hydrogens (tertiary/aromatic N) is 3. The smallest absolute Gasteiger partial charge is 0.308 e. The van der Waals surface area contributed by atoms with Gasteiger partial charge >= 0.3 is 5.97 Å². The number of aromatic nitrogens is 2. The molecule has 2 heterocycles. The molecular weight excluding hydrogens is 250 g/mol. The van der Waals surface area contributed by atoms with Crippen LogP contribution in [0.25, 0.3) is 0 Å². The van der Waals surface area contributed by atoms with Crippen molar-refractivity contribution in [2.75, 3.05) is 18.6 Å². The number of carboxylic acids is 1. The van der Waals surface area contributed by atoms with Crippen molar-refractivity contribution in [1.82, 2.24) is 9.78 Å². The Balaban J connectivity index is 2.06. The molecular formula is C12H17N3O4. The molecule has 1 aromatic rings. The number of amides is 1. The first-order chi connectivity index (χ1) is 9.01. The molecule has 7 heteroatoms. The lowest BCUT2D eigenvalue weighted by Gasteiger charge is -2.13. The van der Waals surface area contributed by atoms with Gasteiger partial charge in [-0.1, -0.05) is 0 Å². The van der Waals surface area contributed by atoms with Gasteiger partial charge in [-0.05, 0) is 6.92 Å². The summed E-state index contributed by atoms with van der Waals surface area (Å²) < 4.78 is 6.82. The van der Waals surface area contributed by atoms with Crippen LogP contribution in [0.3, 0.4) is 0 Å². The zero-order chi connectivity index (χ0) is 14.0. The summed E-state index contributed by atoms with van der Waals surface area (Å²) in [6.07, 6.45) is 3.38. The van der Waals surface area contributed by atoms with E-state index < -0.39 is 11.9 Å². The van der Waals surface area contributed by atoms with Gasteiger partial charge < -0.3 is 14.7 Å². The number of hydrogen-bond acceptors (Lipinski definition) is 4. The van der Waals surface area contributed by atoms with E-state index in [0.29, 0.717) is 12.2 Å². The van der Waals surface area contributed by atoms with Crippen molar-refractivity contribution in [3.05, 3.63) is 12.4 Å². The highest BCUT2D eigenvalue weighted by Gasteiger charge is 2.35. The molecule has 1 amide bonds. The second-order valence-corrected chi connectivity index (χ2v) is 4.71. The minimum absolute atomic E-state index is 0.0220. The molecule has 1 aromatic heterocycles. The van der Waals surface area contributed by atoms with Gasteiger partial charge in [0.25, 0.3) is 0 Å². The third kappa shape index (κ3) is 2.93. The van der Waals surface area contributed by atoms with Crippen LogP contribution in [0.1, 0.15) is 13.3 Å². The lowest BCUT2D eigenvalue weighted by atomic mass is 10.1. The van der Waals surface area contributed by atoms with Crippen LogP contribution < -0.4 is 4.90 Å². The molecule has 0 bridgehead atoms. The highest BCUT2D eigenvalue weighted by Crippen LogP contribution is 2.24. The predicted octanol–water partition coefficient (Wildman–Crippen LogP) is 0.355. The summed E-state index contributed by atoms with van der Waals surface area (Å²) in [7, 11) is 1.62. The molecule has 1 N–H and O–H groups in total. The quantitative estimate of drug-likeness (QED) is 0.832. The van der Waals surface area contributed by atoms with E-state index in [-0.39, 0.29) is 25.0 Å². The topological polar surface area (TPSA) is 84.7 Å². The Bertz CT molecular complexity index is 485. The molecule has 0 aromatic carbocycles. The van der Waals surface area contributed by atoms with E-state index in [9.17, 15) is 9.59 Å². The van der Waals surface area contributed by atoms with Gasteiger partial charge in [0.2, 0.25) is 5.91 Å². The summed E-state index contributed by atoms with van der Waals surface area (Å²) in [4.78, 5) is 24.1. The van der Waals surface area contributed by atoms with Crippen LogP contribution in [-0.4, -0.2) is 46.5 Å². The van der Waals surface area contributed by atoms with Gasteiger partial charge in [0.05, 0.1) is 30.5 Å². The Kier molecular flexibility index (Phi) is 3.84. The van der Waals surface area contributed by atoms with Gasteiger partial charge in [-0.15, -0.1) is 0 Å². The van der Waals surface area contributed by atoms with Crippen LogP contribution in [0.15, 0.2) is 12.4 Å². The van der Waals surface area contributed by atoms with Crippen LogP contribution in [-0.2, 0) is 20.9 Å². The number of carbonyl (C=O) groups is 2. The predicted molar refractivity (Wildman–Crippen MR) is 66.8 cm³/mol. The summed E-state index contributed by atoms with van der Waals surface area (Å²) in [5.74, 6) is -1.74. The van der Waals surface area contributed by atoms with Gasteiger partial charge in [-0.3, -0.25) is 14.3 Å². The highest BCUT2D eigenvalue weighted by atomic mass is 16.5. The van der Waals surface area contributed by atoms with Crippen molar-refractivity contribution in [2.45, 2.75) is 26.0 Å². The third-order valence-corrected chi connectivity index (χ3v) is 3.25. The molecule has 2 rings (SSSR count). The number of aliphatic carboxylic acids is 1. The standard InChI is InChI=1S/C12H17N3O4/c1-8(19-2)5-14-7-10(4-13-14)15-6-9(12(17)18)3-11(15)16/h4,7-9H,3,5-6H2,1-2H3,(H,17,18)/t8-,9+/m0/s1. The van der Waals surface area contributed by atoms with Gasteiger partial charge in [-0.25, -0.2) is 0 Å². The maximum absolute atomic E-state index is 11.8. The zero-order valence-electron chi connectivity index (χ0n) is 10.9. The van der Waals surface area contributed by atoms with E-state index in [4.69, 9.17) is 9.84 Å². The van der Waals surface area contributed by atoms with E-state index in [1.54, 1.807) is 24.2 Å². The number of carbonyl (C=O) groups excluding carboxylic acids is 1. The molecule has 1 aliphatic rings. The molecule has 0 unspecified atom stereocenters. The van der Waals surface area contributed by atoms with Gasteiger partial charge in [-0.2, -0.15) is 5.10 Å². The van der Waals surface area contributed by atoms with E-state index in [1.165, 1.54) is 4.90 Å². The fraction of sp³-hybridized carbons (Fsp3) is 0.583. The first-order valence-electron chi connectivity index (χ1n) is 6.09. The average molecular weight is 267 g/mol. The van der Waals surface area contributed by atoms with Crippen LogP contribution in [0.4, 0.5) is 5.69 Å². The van der Waals surface area contributed by atoms with E-state index in [1.807, 2.05) is 6.92 Å². The Morgan fingerprint density at radius 2 is 2.42 bits per heavy atom. The Morgan fingerprint density at radius 1 is 1.68 bits per heavy atom. The normalized spacial score (nSPS) is 20.8. The SMILES string of the molecule is CO[C@@H](C)Cn1cc(N2C[C@H](C(=O)O)CC2=O)cn1. The first-order valence-corrected chi connectivity index (χ1v) is 6.09. The number of anilines is 1. The van der Waals surface area contributed by atoms with Crippen molar-refractivity contribution < 1.29 is 19.4 Å². The molecule has 0 saturated carbocycles. The number of rotatable bonds is 5. The van der Waals surface area contributed by atoms with E-state index in [2.05, 4.69) is 5.10 Å². The molecule has 0 spiro atoms. The molecule has 1 fully saturated rings. The largest absolute Gasteiger partial charge is 0.481 e. The second kappa shape index (κ2) is 5.40. The van der Waals surface area contributed by atoms with Gasteiger partial charge in [0.15, 0.2) is 0 Å². The highest BCUT2D eigenvalue weighted by molar-refractivity contribution is 5.98. The summed E-state index contributed by atoms with van der Waals surface area (Å²) in [6.45, 7) is 2.71. The average Bonchev–Trinajstić information content (AvgIpc) is 2.95. The van der Waals surface area contributed by atoms with Crippen molar-refractivity contribution in [2.24, 2.45) is 5.92 Å². The molecule has 0 radical (unpaired) electrons. The molecule has 104 valence electrons. The van der Waals surface area contributed by atoms with Crippen LogP contribution in [0.5, 0.6) is 0 Å². The summed E-state index contributed by atoms with van der Waals surface area (Å²) in [6, 6.07) is 0.